The van der Waals surface area contributed by atoms with Gasteiger partial charge in [0.1, 0.15) is 17.6 Å². The number of aromatic nitrogens is 1. The van der Waals surface area contributed by atoms with Gasteiger partial charge in [-0.2, -0.15) is 13.2 Å². The molecule has 2 aliphatic heterocycles. The fraction of sp³-hybridized carbons (Fsp3) is 0.520. The first kappa shape index (κ1) is 28.7. The zero-order chi connectivity index (χ0) is 29.5. The number of rotatable bonds is 7. The van der Waals surface area contributed by atoms with Crippen molar-refractivity contribution in [1.82, 2.24) is 26.0 Å². The van der Waals surface area contributed by atoms with Crippen molar-refractivity contribution in [1.29, 1.82) is 0 Å². The summed E-state index contributed by atoms with van der Waals surface area (Å²) < 4.78 is 72.8. The Morgan fingerprint density at radius 3 is 2.66 bits per heavy atom. The molecule has 0 spiro atoms. The van der Waals surface area contributed by atoms with E-state index in [1.165, 1.54) is 18.2 Å². The quantitative estimate of drug-likeness (QED) is 0.288. The summed E-state index contributed by atoms with van der Waals surface area (Å²) in [5, 5.41) is 18.3. The number of oxime groups is 1. The zero-order valence-corrected chi connectivity index (χ0v) is 21.7. The standard InChI is InChI=1S/C25H27F5N6O5/c1-12-20(35-41-34-12)21(38)31-16(8-13-4-6-24(26,27)7-5-13)22-32-15-9-14(2-3-18(15)40-22)17(11-37)36-10-19(25(28,29)30)33-23(36)39/h2-3,8-9,16-17,19-20,35,37H,4-7,10-11H2,1H3,(H,31,38)(H,33,39)/t16?,17-,19-,20?/m0/s1. The van der Waals surface area contributed by atoms with Gasteiger partial charge in [0.15, 0.2) is 11.6 Å². The summed E-state index contributed by atoms with van der Waals surface area (Å²) in [6.45, 7) is 0.246. The molecule has 2 aromatic rings. The molecular weight excluding hydrogens is 559 g/mol. The van der Waals surface area contributed by atoms with E-state index < -0.39 is 61.4 Å². The third-order valence-corrected chi connectivity index (χ3v) is 7.33. The number of halogens is 5. The van der Waals surface area contributed by atoms with E-state index in [9.17, 15) is 36.6 Å². The predicted octanol–water partition coefficient (Wildman–Crippen LogP) is 3.39. The highest BCUT2D eigenvalue weighted by molar-refractivity contribution is 6.07. The van der Waals surface area contributed by atoms with Gasteiger partial charge in [-0.3, -0.25) is 9.73 Å². The number of hydrogen-bond acceptors (Lipinski definition) is 8. The third-order valence-electron chi connectivity index (χ3n) is 7.33. The van der Waals surface area contributed by atoms with Gasteiger partial charge in [0.2, 0.25) is 17.7 Å². The van der Waals surface area contributed by atoms with Crippen molar-refractivity contribution in [3.8, 4) is 0 Å². The highest BCUT2D eigenvalue weighted by atomic mass is 19.4. The highest BCUT2D eigenvalue weighted by Gasteiger charge is 2.48. The molecular formula is C25H27F5N6O5. The monoisotopic (exact) mass is 586 g/mol. The molecule has 41 heavy (non-hydrogen) atoms. The lowest BCUT2D eigenvalue weighted by Gasteiger charge is -2.25. The maximum atomic E-state index is 13.7. The molecule has 1 saturated heterocycles. The Hall–Kier alpha value is -3.79. The number of nitrogens with one attached hydrogen (secondary N) is 3. The van der Waals surface area contributed by atoms with Crippen LogP contribution in [0.2, 0.25) is 0 Å². The molecule has 4 atom stereocenters. The number of hydrogen-bond donors (Lipinski definition) is 4. The topological polar surface area (TPSA) is 141 Å². The van der Waals surface area contributed by atoms with E-state index in [0.29, 0.717) is 16.8 Å². The van der Waals surface area contributed by atoms with Gasteiger partial charge >= 0.3 is 12.2 Å². The number of benzene rings is 1. The lowest BCUT2D eigenvalue weighted by molar-refractivity contribution is -0.150. The van der Waals surface area contributed by atoms with Crippen LogP contribution in [0.5, 0.6) is 0 Å². The van der Waals surface area contributed by atoms with Gasteiger partial charge in [-0.05, 0) is 37.5 Å². The Bertz CT molecular complexity index is 1380. The van der Waals surface area contributed by atoms with Crippen molar-refractivity contribution < 1.29 is 46.0 Å². The first-order valence-corrected chi connectivity index (χ1v) is 12.8. The number of alkyl halides is 5. The summed E-state index contributed by atoms with van der Waals surface area (Å²) in [6, 6.07) is -1.56. The summed E-state index contributed by atoms with van der Waals surface area (Å²) in [4.78, 5) is 35.3. The highest BCUT2D eigenvalue weighted by Crippen LogP contribution is 2.37. The van der Waals surface area contributed by atoms with E-state index >= 15 is 0 Å². The van der Waals surface area contributed by atoms with Crippen molar-refractivity contribution >= 4 is 28.7 Å². The molecule has 1 aromatic heterocycles. The third kappa shape index (κ3) is 6.12. The molecule has 1 aromatic carbocycles. The number of nitrogens with zero attached hydrogens (tertiary/aromatic N) is 3. The van der Waals surface area contributed by atoms with Crippen molar-refractivity contribution in [3.05, 3.63) is 41.3 Å². The molecule has 16 heteroatoms. The van der Waals surface area contributed by atoms with Gasteiger partial charge in [-0.15, -0.1) is 5.48 Å². The van der Waals surface area contributed by atoms with E-state index in [0.717, 1.165) is 4.90 Å². The van der Waals surface area contributed by atoms with Crippen LogP contribution in [0.1, 0.15) is 56.1 Å². The number of amides is 3. The number of fused-ring (bicyclic) bond motifs is 1. The van der Waals surface area contributed by atoms with Crippen LogP contribution in [0, 0.1) is 0 Å². The number of carbonyl (C=O) groups excluding carboxylic acids is 2. The molecule has 0 radical (unpaired) electrons. The molecule has 2 unspecified atom stereocenters. The molecule has 11 nitrogen and oxygen atoms in total. The summed E-state index contributed by atoms with van der Waals surface area (Å²) in [5.41, 5.74) is 4.32. The number of aliphatic hydroxyl groups excluding tert-OH is 1. The molecule has 0 bridgehead atoms. The molecule has 1 saturated carbocycles. The summed E-state index contributed by atoms with van der Waals surface area (Å²) in [6.07, 6.45) is -3.47. The van der Waals surface area contributed by atoms with Gasteiger partial charge in [0.05, 0.1) is 24.9 Å². The number of urea groups is 1. The molecule has 3 aliphatic rings. The second-order valence-corrected chi connectivity index (χ2v) is 10.2. The van der Waals surface area contributed by atoms with Crippen molar-refractivity contribution in [2.45, 2.75) is 68.9 Å². The van der Waals surface area contributed by atoms with Gasteiger partial charge in [-0.1, -0.05) is 22.9 Å². The Kier molecular flexibility index (Phi) is 7.63. The van der Waals surface area contributed by atoms with Crippen molar-refractivity contribution in [3.63, 3.8) is 0 Å². The maximum Gasteiger partial charge on any atom is 0.410 e. The zero-order valence-electron chi connectivity index (χ0n) is 21.7. The van der Waals surface area contributed by atoms with E-state index in [4.69, 9.17) is 9.36 Å². The van der Waals surface area contributed by atoms with Gasteiger partial charge in [0.25, 0.3) is 0 Å². The lowest BCUT2D eigenvalue weighted by atomic mass is 9.90. The van der Waals surface area contributed by atoms with Crippen molar-refractivity contribution in [2.75, 3.05) is 13.2 Å². The second-order valence-electron chi connectivity index (χ2n) is 10.2. The van der Waals surface area contributed by atoms with Crippen LogP contribution in [0.15, 0.2) is 39.4 Å². The number of aliphatic hydroxyl groups is 1. The van der Waals surface area contributed by atoms with E-state index in [-0.39, 0.29) is 42.7 Å². The van der Waals surface area contributed by atoms with Crippen LogP contribution in [0.25, 0.3) is 11.1 Å². The van der Waals surface area contributed by atoms with E-state index in [1.54, 1.807) is 13.0 Å². The van der Waals surface area contributed by atoms with Gasteiger partial charge < -0.3 is 25.1 Å². The van der Waals surface area contributed by atoms with Crippen LogP contribution in [-0.4, -0.2) is 70.0 Å². The number of oxazole rings is 1. The largest absolute Gasteiger partial charge is 0.438 e. The minimum atomic E-state index is -4.65. The van der Waals surface area contributed by atoms with Crippen LogP contribution >= 0.6 is 0 Å². The number of allylic oxidation sites excluding steroid dienone is 1. The average Bonchev–Trinajstić information content (AvgIpc) is 3.63. The van der Waals surface area contributed by atoms with Gasteiger partial charge in [0, 0.05) is 12.8 Å². The first-order chi connectivity index (χ1) is 19.3. The Labute approximate surface area is 229 Å². The number of carbonyl (C=O) groups is 2. The van der Waals surface area contributed by atoms with E-state index in [1.807, 2.05) is 5.32 Å². The Morgan fingerprint density at radius 2 is 2.05 bits per heavy atom. The smallest absolute Gasteiger partial charge is 0.410 e. The average molecular weight is 587 g/mol. The fourth-order valence-corrected chi connectivity index (χ4v) is 4.98. The summed E-state index contributed by atoms with van der Waals surface area (Å²) >= 11 is 0. The first-order valence-electron chi connectivity index (χ1n) is 12.8. The van der Waals surface area contributed by atoms with Crippen molar-refractivity contribution in [2.24, 2.45) is 5.16 Å². The summed E-state index contributed by atoms with van der Waals surface area (Å²) in [5.74, 6) is -3.27. The van der Waals surface area contributed by atoms with Crippen LogP contribution in [0.3, 0.4) is 0 Å². The molecule has 3 amide bonds. The fourth-order valence-electron chi connectivity index (χ4n) is 4.98. The van der Waals surface area contributed by atoms with Crippen LogP contribution in [0.4, 0.5) is 26.7 Å². The maximum absolute atomic E-state index is 13.7. The SMILES string of the molecule is CC1=NONC1C(=O)NC(C=C1CCC(F)(F)CC1)c1nc2cc([C@H](CO)N3C[C@@H](C(F)(F)F)NC3=O)ccc2o1. The Balaban J connectivity index is 1.42. The molecule has 3 heterocycles. The van der Waals surface area contributed by atoms with Gasteiger partial charge in [-0.25, -0.2) is 18.6 Å². The predicted molar refractivity (Wildman–Crippen MR) is 132 cm³/mol. The van der Waals surface area contributed by atoms with Crippen LogP contribution < -0.4 is 16.1 Å². The molecule has 5 rings (SSSR count). The minimum absolute atomic E-state index is 0.0282. The molecule has 222 valence electrons. The second kappa shape index (κ2) is 10.9. The van der Waals surface area contributed by atoms with E-state index in [2.05, 4.69) is 20.9 Å². The molecule has 2 fully saturated rings. The number of hydroxylamine groups is 1. The molecule has 4 N–H and O–H groups in total. The lowest BCUT2D eigenvalue weighted by Crippen LogP contribution is -2.45. The summed E-state index contributed by atoms with van der Waals surface area (Å²) in [7, 11) is 0. The normalized spacial score (nSPS) is 24.1. The Morgan fingerprint density at radius 1 is 1.32 bits per heavy atom. The molecule has 1 aliphatic carbocycles. The minimum Gasteiger partial charge on any atom is -0.438 e. The van der Waals surface area contributed by atoms with Crippen LogP contribution in [-0.2, 0) is 9.73 Å².